The summed E-state index contributed by atoms with van der Waals surface area (Å²) >= 11 is 0. The number of guanidine groups is 1. The Morgan fingerprint density at radius 3 is 2.38 bits per heavy atom. The first-order valence-corrected chi connectivity index (χ1v) is 10.6. The van der Waals surface area contributed by atoms with E-state index in [0.717, 1.165) is 18.9 Å². The van der Waals surface area contributed by atoms with Crippen LogP contribution in [0.4, 0.5) is 0 Å². The van der Waals surface area contributed by atoms with E-state index in [-0.39, 0.29) is 28.9 Å². The molecule has 1 saturated carbocycles. The summed E-state index contributed by atoms with van der Waals surface area (Å²) in [5.41, 5.74) is 0. The Hall–Kier alpha value is -0.870. The molecule has 0 heterocycles. The van der Waals surface area contributed by atoms with Gasteiger partial charge in [-0.3, -0.25) is 4.99 Å². The smallest absolute Gasteiger partial charge is 0.240 e. The van der Waals surface area contributed by atoms with Gasteiger partial charge in [0.05, 0.1) is 4.90 Å². The molecular formula is C18H31IN4O2S. The van der Waals surface area contributed by atoms with Crippen LogP contribution >= 0.6 is 24.0 Å². The van der Waals surface area contributed by atoms with Crippen molar-refractivity contribution in [3.63, 3.8) is 0 Å². The first-order valence-electron chi connectivity index (χ1n) is 9.11. The van der Waals surface area contributed by atoms with Crippen LogP contribution in [0, 0.1) is 5.92 Å². The Kier molecular flexibility index (Phi) is 11.1. The Morgan fingerprint density at radius 1 is 1.08 bits per heavy atom. The van der Waals surface area contributed by atoms with Crippen molar-refractivity contribution in [1.29, 1.82) is 0 Å². The lowest BCUT2D eigenvalue weighted by molar-refractivity contribution is 0.481. The molecule has 0 aromatic heterocycles. The van der Waals surface area contributed by atoms with Crippen LogP contribution in [0.2, 0.25) is 0 Å². The Balaban J connectivity index is 0.00000338. The lowest BCUT2D eigenvalue weighted by atomic mass is 10.0. The molecule has 2 rings (SSSR count). The van der Waals surface area contributed by atoms with E-state index in [1.165, 1.54) is 32.1 Å². The van der Waals surface area contributed by atoms with E-state index in [1.807, 2.05) is 0 Å². The van der Waals surface area contributed by atoms with E-state index in [1.54, 1.807) is 37.4 Å². The van der Waals surface area contributed by atoms with Gasteiger partial charge in [0, 0.05) is 26.7 Å². The molecule has 1 fully saturated rings. The Bertz CT molecular complexity index is 632. The second-order valence-corrected chi connectivity index (χ2v) is 8.20. The molecule has 0 amide bonds. The number of sulfonamides is 1. The van der Waals surface area contributed by atoms with Crippen molar-refractivity contribution in [2.24, 2.45) is 10.9 Å². The molecule has 0 radical (unpaired) electrons. The Labute approximate surface area is 174 Å². The number of nitrogens with one attached hydrogen (secondary N) is 3. The molecule has 0 unspecified atom stereocenters. The van der Waals surface area contributed by atoms with Crippen molar-refractivity contribution in [2.75, 3.05) is 26.7 Å². The lowest BCUT2D eigenvalue weighted by Gasteiger charge is -2.13. The number of hydrogen-bond donors (Lipinski definition) is 3. The quantitative estimate of drug-likeness (QED) is 0.214. The number of rotatable bonds is 9. The summed E-state index contributed by atoms with van der Waals surface area (Å²) in [6.45, 7) is 1.68. The molecule has 1 aromatic carbocycles. The molecule has 0 atom stereocenters. The van der Waals surface area contributed by atoms with Gasteiger partial charge in [0.1, 0.15) is 0 Å². The van der Waals surface area contributed by atoms with Crippen molar-refractivity contribution in [3.8, 4) is 0 Å². The van der Waals surface area contributed by atoms with Crippen LogP contribution in [-0.2, 0) is 10.0 Å². The monoisotopic (exact) mass is 494 g/mol. The number of hydrogen-bond acceptors (Lipinski definition) is 3. The number of aliphatic imine (C=N–C) groups is 1. The van der Waals surface area contributed by atoms with Gasteiger partial charge in [0.15, 0.2) is 5.96 Å². The predicted octanol–water partition coefficient (Wildman–Crippen LogP) is 2.72. The molecule has 1 aliphatic rings. The van der Waals surface area contributed by atoms with Crippen molar-refractivity contribution in [3.05, 3.63) is 30.3 Å². The predicted molar refractivity (Wildman–Crippen MR) is 118 cm³/mol. The van der Waals surface area contributed by atoms with Gasteiger partial charge < -0.3 is 10.6 Å². The molecule has 0 bridgehead atoms. The molecule has 0 saturated heterocycles. The second kappa shape index (κ2) is 12.5. The highest BCUT2D eigenvalue weighted by atomic mass is 127. The molecular weight excluding hydrogens is 463 g/mol. The standard InChI is InChI=1S/C18H30N4O2S.HI/c1-19-18(20-13-7-10-16-8-5-6-9-16)21-14-15-22-25(23,24)17-11-3-2-4-12-17;/h2-4,11-12,16,22H,5-10,13-15H2,1H3,(H2,19,20,21);1H. The van der Waals surface area contributed by atoms with E-state index < -0.39 is 10.0 Å². The van der Waals surface area contributed by atoms with E-state index in [2.05, 4.69) is 20.3 Å². The Morgan fingerprint density at radius 2 is 1.73 bits per heavy atom. The van der Waals surface area contributed by atoms with Gasteiger partial charge in [-0.1, -0.05) is 43.9 Å². The van der Waals surface area contributed by atoms with Gasteiger partial charge in [0.2, 0.25) is 10.0 Å². The average Bonchev–Trinajstić information content (AvgIpc) is 3.14. The fourth-order valence-corrected chi connectivity index (χ4v) is 4.22. The molecule has 6 nitrogen and oxygen atoms in total. The van der Waals surface area contributed by atoms with Gasteiger partial charge in [-0.15, -0.1) is 24.0 Å². The van der Waals surface area contributed by atoms with Crippen molar-refractivity contribution in [2.45, 2.75) is 43.4 Å². The molecule has 148 valence electrons. The maximum Gasteiger partial charge on any atom is 0.240 e. The highest BCUT2D eigenvalue weighted by molar-refractivity contribution is 14.0. The minimum absolute atomic E-state index is 0. The number of benzene rings is 1. The minimum atomic E-state index is -3.45. The van der Waals surface area contributed by atoms with Crippen LogP contribution in [-0.4, -0.2) is 41.1 Å². The van der Waals surface area contributed by atoms with Crippen LogP contribution in [0.15, 0.2) is 40.2 Å². The van der Waals surface area contributed by atoms with Crippen LogP contribution in [0.25, 0.3) is 0 Å². The second-order valence-electron chi connectivity index (χ2n) is 6.43. The molecule has 8 heteroatoms. The van der Waals surface area contributed by atoms with Crippen LogP contribution in [0.5, 0.6) is 0 Å². The topological polar surface area (TPSA) is 82.6 Å². The van der Waals surface area contributed by atoms with Gasteiger partial charge in [-0.25, -0.2) is 13.1 Å². The van der Waals surface area contributed by atoms with Crippen LogP contribution in [0.1, 0.15) is 38.5 Å². The zero-order valence-corrected chi connectivity index (χ0v) is 18.6. The largest absolute Gasteiger partial charge is 0.356 e. The van der Waals surface area contributed by atoms with Crippen molar-refractivity contribution < 1.29 is 8.42 Å². The van der Waals surface area contributed by atoms with Crippen molar-refractivity contribution in [1.82, 2.24) is 15.4 Å². The van der Waals surface area contributed by atoms with E-state index >= 15 is 0 Å². The van der Waals surface area contributed by atoms with Crippen LogP contribution < -0.4 is 15.4 Å². The lowest BCUT2D eigenvalue weighted by Crippen LogP contribution is -2.41. The number of halogens is 1. The highest BCUT2D eigenvalue weighted by Crippen LogP contribution is 2.28. The summed E-state index contributed by atoms with van der Waals surface area (Å²) in [6.07, 6.45) is 7.97. The fraction of sp³-hybridized carbons (Fsp3) is 0.611. The summed E-state index contributed by atoms with van der Waals surface area (Å²) in [5, 5.41) is 6.42. The third-order valence-corrected chi connectivity index (χ3v) is 6.02. The summed E-state index contributed by atoms with van der Waals surface area (Å²) in [4.78, 5) is 4.45. The van der Waals surface area contributed by atoms with E-state index in [0.29, 0.717) is 19.0 Å². The zero-order valence-electron chi connectivity index (χ0n) is 15.4. The summed E-state index contributed by atoms with van der Waals surface area (Å²) < 4.78 is 26.8. The first-order chi connectivity index (χ1) is 12.1. The van der Waals surface area contributed by atoms with Crippen molar-refractivity contribution >= 4 is 40.0 Å². The molecule has 0 aliphatic heterocycles. The van der Waals surface area contributed by atoms with Gasteiger partial charge in [-0.05, 0) is 30.9 Å². The summed E-state index contributed by atoms with van der Waals surface area (Å²) in [6, 6.07) is 8.39. The third-order valence-electron chi connectivity index (χ3n) is 4.54. The van der Waals surface area contributed by atoms with Gasteiger partial charge in [0.25, 0.3) is 0 Å². The molecule has 1 aliphatic carbocycles. The minimum Gasteiger partial charge on any atom is -0.356 e. The summed E-state index contributed by atoms with van der Waals surface area (Å²) in [5.74, 6) is 1.62. The van der Waals surface area contributed by atoms with E-state index in [9.17, 15) is 8.42 Å². The van der Waals surface area contributed by atoms with Gasteiger partial charge in [-0.2, -0.15) is 0 Å². The number of nitrogens with zero attached hydrogens (tertiary/aromatic N) is 1. The first kappa shape index (κ1) is 23.2. The average molecular weight is 494 g/mol. The van der Waals surface area contributed by atoms with Gasteiger partial charge >= 0.3 is 0 Å². The maximum absolute atomic E-state index is 12.1. The third kappa shape index (κ3) is 8.22. The zero-order chi connectivity index (χ0) is 18.0. The molecule has 1 aromatic rings. The normalized spacial score (nSPS) is 15.5. The SMILES string of the molecule is CN=C(NCCCC1CCCC1)NCCNS(=O)(=O)c1ccccc1.I. The molecule has 3 N–H and O–H groups in total. The molecule has 0 spiro atoms. The molecule has 26 heavy (non-hydrogen) atoms. The fourth-order valence-electron chi connectivity index (χ4n) is 3.17. The maximum atomic E-state index is 12.1. The van der Waals surface area contributed by atoms with Crippen LogP contribution in [0.3, 0.4) is 0 Å². The highest BCUT2D eigenvalue weighted by Gasteiger charge is 2.14. The summed E-state index contributed by atoms with van der Waals surface area (Å²) in [7, 11) is -1.72. The van der Waals surface area contributed by atoms with E-state index in [4.69, 9.17) is 0 Å².